The number of methoxy groups -OCH3 is 1. The number of nitrogens with one attached hydrogen (secondary N) is 1. The number of ether oxygens (including phenoxy) is 2. The summed E-state index contributed by atoms with van der Waals surface area (Å²) < 4.78 is 9.87. The van der Waals surface area contributed by atoms with E-state index in [1.54, 1.807) is 6.92 Å². The minimum absolute atomic E-state index is 0.0224. The van der Waals surface area contributed by atoms with Crippen molar-refractivity contribution in [2.45, 2.75) is 33.1 Å². The molecule has 1 atom stereocenters. The van der Waals surface area contributed by atoms with Gasteiger partial charge >= 0.3 is 11.9 Å². The molecule has 2 aromatic heterocycles. The van der Waals surface area contributed by atoms with Crippen molar-refractivity contribution in [1.82, 2.24) is 9.97 Å². The lowest BCUT2D eigenvalue weighted by molar-refractivity contribution is -0.119. The number of thiophene rings is 1. The standard InChI is InChI=1S/C19H21N3O5S/c1-10-4-5-12-14(6-10)28-17(16(12)19(25)26-3)22-15(23)9-27-18(24)13-8-20-11(2)7-21-13/h7-8,10H,4-6,9H2,1-3H3,(H,22,23). The Morgan fingerprint density at radius 3 is 2.71 bits per heavy atom. The van der Waals surface area contributed by atoms with Gasteiger partial charge in [0.15, 0.2) is 12.3 Å². The molecule has 1 aliphatic rings. The predicted octanol–water partition coefficient (Wildman–Crippen LogP) is 2.55. The number of fused-ring (bicyclic) bond motifs is 1. The van der Waals surface area contributed by atoms with Gasteiger partial charge in [-0.05, 0) is 37.7 Å². The number of carbonyl (C=O) groups excluding carboxylic acids is 3. The van der Waals surface area contributed by atoms with Gasteiger partial charge in [0.2, 0.25) is 0 Å². The number of amides is 1. The maximum absolute atomic E-state index is 12.3. The van der Waals surface area contributed by atoms with E-state index in [0.717, 1.165) is 29.7 Å². The second kappa shape index (κ2) is 8.47. The lowest BCUT2D eigenvalue weighted by atomic mass is 9.88. The molecule has 0 saturated carbocycles. The predicted molar refractivity (Wildman–Crippen MR) is 103 cm³/mol. The highest BCUT2D eigenvalue weighted by Crippen LogP contribution is 2.39. The van der Waals surface area contributed by atoms with Gasteiger partial charge in [0.25, 0.3) is 5.91 Å². The molecule has 0 radical (unpaired) electrons. The van der Waals surface area contributed by atoms with Crippen molar-refractivity contribution < 1.29 is 23.9 Å². The van der Waals surface area contributed by atoms with Crippen LogP contribution in [0.25, 0.3) is 0 Å². The summed E-state index contributed by atoms with van der Waals surface area (Å²) in [6.45, 7) is 3.41. The number of nitrogens with zero attached hydrogens (tertiary/aromatic N) is 2. The number of anilines is 1. The fourth-order valence-electron chi connectivity index (χ4n) is 3.02. The SMILES string of the molecule is COC(=O)c1c(NC(=O)COC(=O)c2cnc(C)cn2)sc2c1CCC(C)C2. The average molecular weight is 403 g/mol. The summed E-state index contributed by atoms with van der Waals surface area (Å²) in [6, 6.07) is 0. The maximum Gasteiger partial charge on any atom is 0.359 e. The van der Waals surface area contributed by atoms with Crippen LogP contribution in [0.15, 0.2) is 12.4 Å². The molecule has 0 bridgehead atoms. The fourth-order valence-corrected chi connectivity index (χ4v) is 4.44. The summed E-state index contributed by atoms with van der Waals surface area (Å²) in [4.78, 5) is 45.4. The van der Waals surface area contributed by atoms with Crippen molar-refractivity contribution in [3.05, 3.63) is 39.8 Å². The molecule has 1 amide bonds. The van der Waals surface area contributed by atoms with Crippen LogP contribution in [0.2, 0.25) is 0 Å². The Morgan fingerprint density at radius 1 is 1.25 bits per heavy atom. The number of aryl methyl sites for hydroxylation is 1. The summed E-state index contributed by atoms with van der Waals surface area (Å²) in [5, 5.41) is 3.11. The monoisotopic (exact) mass is 403 g/mol. The van der Waals surface area contributed by atoms with Crippen LogP contribution in [0.3, 0.4) is 0 Å². The van der Waals surface area contributed by atoms with Crippen LogP contribution >= 0.6 is 11.3 Å². The highest BCUT2D eigenvalue weighted by Gasteiger charge is 2.29. The molecular weight excluding hydrogens is 382 g/mol. The molecule has 0 spiro atoms. The van der Waals surface area contributed by atoms with Crippen LogP contribution in [0.5, 0.6) is 0 Å². The number of rotatable bonds is 5. The average Bonchev–Trinajstić information content (AvgIpc) is 3.02. The largest absolute Gasteiger partial charge is 0.465 e. The van der Waals surface area contributed by atoms with Crippen LogP contribution in [0.1, 0.15) is 50.3 Å². The molecule has 148 valence electrons. The van der Waals surface area contributed by atoms with Crippen molar-refractivity contribution in [3.63, 3.8) is 0 Å². The van der Waals surface area contributed by atoms with Gasteiger partial charge in [-0.1, -0.05) is 6.92 Å². The van der Waals surface area contributed by atoms with Gasteiger partial charge in [-0.25, -0.2) is 14.6 Å². The van der Waals surface area contributed by atoms with Gasteiger partial charge in [-0.2, -0.15) is 0 Å². The van der Waals surface area contributed by atoms with Crippen LogP contribution in [0, 0.1) is 12.8 Å². The Balaban J connectivity index is 1.69. The molecule has 2 heterocycles. The molecule has 0 aliphatic heterocycles. The van der Waals surface area contributed by atoms with E-state index < -0.39 is 24.5 Å². The molecule has 9 heteroatoms. The molecule has 0 aromatic carbocycles. The van der Waals surface area contributed by atoms with Gasteiger partial charge in [0, 0.05) is 11.1 Å². The Morgan fingerprint density at radius 2 is 2.04 bits per heavy atom. The van der Waals surface area contributed by atoms with E-state index in [9.17, 15) is 14.4 Å². The zero-order valence-corrected chi connectivity index (χ0v) is 16.7. The molecule has 8 nitrogen and oxygen atoms in total. The Labute approximate surface area is 166 Å². The van der Waals surface area contributed by atoms with E-state index in [2.05, 4.69) is 22.2 Å². The topological polar surface area (TPSA) is 107 Å². The maximum atomic E-state index is 12.3. The van der Waals surface area contributed by atoms with Crippen molar-refractivity contribution in [1.29, 1.82) is 0 Å². The molecule has 1 unspecified atom stereocenters. The van der Waals surface area contributed by atoms with Crippen molar-refractivity contribution in [2.24, 2.45) is 5.92 Å². The summed E-state index contributed by atoms with van der Waals surface area (Å²) in [6.07, 6.45) is 5.35. The Bertz CT molecular complexity index is 907. The zero-order valence-electron chi connectivity index (χ0n) is 15.9. The van der Waals surface area contributed by atoms with E-state index >= 15 is 0 Å². The zero-order chi connectivity index (χ0) is 20.3. The van der Waals surface area contributed by atoms with Crippen molar-refractivity contribution in [2.75, 3.05) is 19.0 Å². The van der Waals surface area contributed by atoms with E-state index in [1.165, 1.54) is 30.8 Å². The number of aromatic nitrogens is 2. The molecule has 1 aliphatic carbocycles. The van der Waals surface area contributed by atoms with Gasteiger partial charge in [0.05, 0.1) is 24.6 Å². The van der Waals surface area contributed by atoms with Crippen LogP contribution in [-0.2, 0) is 27.1 Å². The summed E-state index contributed by atoms with van der Waals surface area (Å²) in [5.41, 5.74) is 2.03. The highest BCUT2D eigenvalue weighted by molar-refractivity contribution is 7.17. The van der Waals surface area contributed by atoms with Crippen molar-refractivity contribution in [3.8, 4) is 0 Å². The first-order valence-electron chi connectivity index (χ1n) is 8.87. The lowest BCUT2D eigenvalue weighted by Gasteiger charge is -2.18. The van der Waals surface area contributed by atoms with E-state index in [1.807, 2.05) is 0 Å². The minimum atomic E-state index is -0.741. The number of carbonyl (C=O) groups is 3. The molecule has 0 fully saturated rings. The summed E-state index contributed by atoms with van der Waals surface area (Å²) in [7, 11) is 1.31. The third kappa shape index (κ3) is 4.36. The highest BCUT2D eigenvalue weighted by atomic mass is 32.1. The Hall–Kier alpha value is -2.81. The molecule has 0 saturated heterocycles. The smallest absolute Gasteiger partial charge is 0.359 e. The van der Waals surface area contributed by atoms with E-state index in [-0.39, 0.29) is 5.69 Å². The number of esters is 2. The second-order valence-corrected chi connectivity index (χ2v) is 7.82. The van der Waals surface area contributed by atoms with Crippen LogP contribution in [0.4, 0.5) is 5.00 Å². The quantitative estimate of drug-likeness (QED) is 0.765. The molecular formula is C19H21N3O5S. The molecule has 2 aromatic rings. The minimum Gasteiger partial charge on any atom is -0.465 e. The molecule has 1 N–H and O–H groups in total. The third-order valence-electron chi connectivity index (χ3n) is 4.48. The lowest BCUT2D eigenvalue weighted by Crippen LogP contribution is -2.22. The fraction of sp³-hybridized carbons (Fsp3) is 0.421. The van der Waals surface area contributed by atoms with Crippen LogP contribution in [-0.4, -0.2) is 41.5 Å². The second-order valence-electron chi connectivity index (χ2n) is 6.71. The van der Waals surface area contributed by atoms with E-state index in [0.29, 0.717) is 22.2 Å². The van der Waals surface area contributed by atoms with Crippen molar-refractivity contribution >= 4 is 34.2 Å². The summed E-state index contributed by atoms with van der Waals surface area (Å²) in [5.74, 6) is -1.23. The van der Waals surface area contributed by atoms with Gasteiger partial charge < -0.3 is 14.8 Å². The van der Waals surface area contributed by atoms with Gasteiger partial charge in [-0.3, -0.25) is 9.78 Å². The summed E-state index contributed by atoms with van der Waals surface area (Å²) >= 11 is 1.37. The molecule has 3 rings (SSSR count). The normalized spacial score (nSPS) is 15.5. The first kappa shape index (κ1) is 19.9. The van der Waals surface area contributed by atoms with Gasteiger partial charge in [-0.15, -0.1) is 11.3 Å². The molecule has 28 heavy (non-hydrogen) atoms. The van der Waals surface area contributed by atoms with E-state index in [4.69, 9.17) is 9.47 Å². The first-order chi connectivity index (χ1) is 13.4. The number of hydrogen-bond donors (Lipinski definition) is 1. The van der Waals surface area contributed by atoms with Crippen LogP contribution < -0.4 is 5.32 Å². The first-order valence-corrected chi connectivity index (χ1v) is 9.69. The number of hydrogen-bond acceptors (Lipinski definition) is 8. The Kier molecular flexibility index (Phi) is 6.03. The third-order valence-corrected chi connectivity index (χ3v) is 5.65. The van der Waals surface area contributed by atoms with Gasteiger partial charge in [0.1, 0.15) is 5.00 Å².